The highest BCUT2D eigenvalue weighted by atomic mass is 16.5. The third kappa shape index (κ3) is 5.72. The number of aromatic hydroxyl groups is 4. The minimum Gasteiger partial charge on any atom is -0.507 e. The van der Waals surface area contributed by atoms with Crippen LogP contribution in [0.15, 0.2) is 47.6 Å². The molecule has 2 rings (SSSR count). The molecule has 0 aliphatic carbocycles. The summed E-state index contributed by atoms with van der Waals surface area (Å²) in [5.74, 6) is -1.57. The molecule has 170 valence electrons. The Kier molecular flexibility index (Phi) is 8.13. The Balaban J connectivity index is 2.50. The second kappa shape index (κ2) is 10.6. The molecule has 0 heterocycles. The summed E-state index contributed by atoms with van der Waals surface area (Å²) in [5.41, 5.74) is 3.29. The van der Waals surface area contributed by atoms with Crippen LogP contribution < -0.4 is 4.74 Å². The van der Waals surface area contributed by atoms with Gasteiger partial charge in [0, 0.05) is 17.2 Å². The Labute approximate surface area is 188 Å². The number of hydrogen-bond donors (Lipinski definition) is 4. The number of carbonyl (C=O) groups is 1. The molecule has 4 N–H and O–H groups in total. The number of hydrogen-bond acceptors (Lipinski definition) is 6. The van der Waals surface area contributed by atoms with Crippen molar-refractivity contribution < 1.29 is 30.0 Å². The van der Waals surface area contributed by atoms with Gasteiger partial charge in [-0.3, -0.25) is 4.79 Å². The van der Waals surface area contributed by atoms with Gasteiger partial charge in [-0.25, -0.2) is 0 Å². The highest BCUT2D eigenvalue weighted by molar-refractivity contribution is 6.11. The molecule has 0 amide bonds. The normalized spacial score (nSPS) is 10.8. The Morgan fingerprint density at radius 3 is 2.03 bits per heavy atom. The average Bonchev–Trinajstić information content (AvgIpc) is 2.70. The first-order valence-corrected chi connectivity index (χ1v) is 10.2. The SMILES string of the molecule is COc1c(O)ccc(C=CC(=O)c2c(O)cc(O)c(CC=C(C)C)c2O)c1CC=C(C)C. The average molecular weight is 439 g/mol. The largest absolute Gasteiger partial charge is 0.507 e. The molecule has 32 heavy (non-hydrogen) atoms. The summed E-state index contributed by atoms with van der Waals surface area (Å²) >= 11 is 0. The van der Waals surface area contributed by atoms with Gasteiger partial charge in [-0.1, -0.05) is 35.4 Å². The maximum atomic E-state index is 12.9. The number of phenolic OH excluding ortho intramolecular Hbond substituents is 4. The highest BCUT2D eigenvalue weighted by Crippen LogP contribution is 2.39. The third-order valence-electron chi connectivity index (χ3n) is 4.93. The van der Waals surface area contributed by atoms with Gasteiger partial charge >= 0.3 is 0 Å². The van der Waals surface area contributed by atoms with Crippen LogP contribution in [-0.4, -0.2) is 33.3 Å². The molecule has 0 unspecified atom stereocenters. The van der Waals surface area contributed by atoms with Crippen molar-refractivity contribution in [2.24, 2.45) is 0 Å². The molecule has 0 radical (unpaired) electrons. The van der Waals surface area contributed by atoms with Gasteiger partial charge < -0.3 is 25.2 Å². The van der Waals surface area contributed by atoms with Gasteiger partial charge in [0.15, 0.2) is 17.3 Å². The summed E-state index contributed by atoms with van der Waals surface area (Å²) in [6.07, 6.45) is 7.24. The molecule has 2 aromatic rings. The van der Waals surface area contributed by atoms with Crippen LogP contribution in [0.4, 0.5) is 0 Å². The van der Waals surface area contributed by atoms with E-state index in [1.165, 1.54) is 19.3 Å². The summed E-state index contributed by atoms with van der Waals surface area (Å²) < 4.78 is 5.34. The zero-order chi connectivity index (χ0) is 24.0. The summed E-state index contributed by atoms with van der Waals surface area (Å²) in [6.45, 7) is 7.67. The molecule has 0 aliphatic heterocycles. The van der Waals surface area contributed by atoms with E-state index in [4.69, 9.17) is 4.74 Å². The van der Waals surface area contributed by atoms with Crippen LogP contribution in [-0.2, 0) is 12.8 Å². The number of phenols is 4. The van der Waals surface area contributed by atoms with Crippen LogP contribution in [0.2, 0.25) is 0 Å². The Morgan fingerprint density at radius 1 is 0.875 bits per heavy atom. The van der Waals surface area contributed by atoms with Crippen molar-refractivity contribution in [1.29, 1.82) is 0 Å². The van der Waals surface area contributed by atoms with E-state index in [0.29, 0.717) is 23.3 Å². The van der Waals surface area contributed by atoms with Gasteiger partial charge in [0.05, 0.1) is 7.11 Å². The van der Waals surface area contributed by atoms with Crippen LogP contribution in [0.5, 0.6) is 28.7 Å². The minimum atomic E-state index is -0.626. The summed E-state index contributed by atoms with van der Waals surface area (Å²) in [7, 11) is 1.46. The Bertz CT molecular complexity index is 1100. The zero-order valence-electron chi connectivity index (χ0n) is 19.1. The number of carbonyl (C=O) groups excluding carboxylic acids is 1. The van der Waals surface area contributed by atoms with Crippen molar-refractivity contribution in [2.45, 2.75) is 40.5 Å². The van der Waals surface area contributed by atoms with Gasteiger partial charge in [0.2, 0.25) is 0 Å². The first kappa shape index (κ1) is 24.6. The maximum absolute atomic E-state index is 12.9. The van der Waals surface area contributed by atoms with E-state index in [0.717, 1.165) is 17.2 Å². The molecule has 0 atom stereocenters. The highest BCUT2D eigenvalue weighted by Gasteiger charge is 2.21. The smallest absolute Gasteiger partial charge is 0.193 e. The zero-order valence-corrected chi connectivity index (χ0v) is 19.1. The first-order valence-electron chi connectivity index (χ1n) is 10.2. The fourth-order valence-electron chi connectivity index (χ4n) is 3.21. The minimum absolute atomic E-state index is 0.00845. The van der Waals surface area contributed by atoms with Crippen molar-refractivity contribution in [3.8, 4) is 28.7 Å². The lowest BCUT2D eigenvalue weighted by molar-refractivity contribution is 0.104. The molecule has 0 aliphatic rings. The van der Waals surface area contributed by atoms with Crippen LogP contribution in [0, 0.1) is 0 Å². The van der Waals surface area contributed by atoms with Gasteiger partial charge in [-0.2, -0.15) is 0 Å². The maximum Gasteiger partial charge on any atom is 0.193 e. The van der Waals surface area contributed by atoms with Gasteiger partial charge in [0.25, 0.3) is 0 Å². The summed E-state index contributed by atoms with van der Waals surface area (Å²) in [4.78, 5) is 12.9. The lowest BCUT2D eigenvalue weighted by Crippen LogP contribution is -2.00. The summed E-state index contributed by atoms with van der Waals surface area (Å²) in [6, 6.07) is 4.19. The van der Waals surface area contributed by atoms with Crippen molar-refractivity contribution >= 4 is 11.9 Å². The van der Waals surface area contributed by atoms with E-state index in [1.807, 2.05) is 33.8 Å². The number of benzene rings is 2. The topological polar surface area (TPSA) is 107 Å². The Morgan fingerprint density at radius 2 is 1.47 bits per heavy atom. The molecule has 2 aromatic carbocycles. The van der Waals surface area contributed by atoms with Crippen molar-refractivity contribution in [1.82, 2.24) is 0 Å². The molecule has 6 nitrogen and oxygen atoms in total. The van der Waals surface area contributed by atoms with Crippen molar-refractivity contribution in [2.75, 3.05) is 7.11 Å². The van der Waals surface area contributed by atoms with Crippen LogP contribution in [0.25, 0.3) is 6.08 Å². The first-order chi connectivity index (χ1) is 15.1. The molecular formula is C26H30O6. The third-order valence-corrected chi connectivity index (χ3v) is 4.93. The van der Waals surface area contributed by atoms with E-state index in [2.05, 4.69) is 0 Å². The molecule has 0 saturated heterocycles. The fourth-order valence-corrected chi connectivity index (χ4v) is 3.21. The number of ether oxygens (including phenoxy) is 1. The van der Waals surface area contributed by atoms with Crippen molar-refractivity contribution in [3.05, 3.63) is 69.8 Å². The molecule has 0 saturated carbocycles. The van der Waals surface area contributed by atoms with Gasteiger partial charge in [-0.15, -0.1) is 0 Å². The van der Waals surface area contributed by atoms with E-state index >= 15 is 0 Å². The fraction of sp³-hybridized carbons (Fsp3) is 0.269. The molecule has 0 aromatic heterocycles. The number of allylic oxidation sites excluding steroid dienone is 5. The van der Waals surface area contributed by atoms with Crippen LogP contribution in [0.1, 0.15) is 54.7 Å². The van der Waals surface area contributed by atoms with E-state index < -0.39 is 17.3 Å². The predicted molar refractivity (Wildman–Crippen MR) is 126 cm³/mol. The number of rotatable bonds is 8. The van der Waals surface area contributed by atoms with E-state index in [9.17, 15) is 25.2 Å². The van der Waals surface area contributed by atoms with E-state index in [-0.39, 0.29) is 29.0 Å². The van der Waals surface area contributed by atoms with Crippen LogP contribution >= 0.6 is 0 Å². The predicted octanol–water partition coefficient (Wildman–Crippen LogP) is 5.43. The van der Waals surface area contributed by atoms with Crippen LogP contribution in [0.3, 0.4) is 0 Å². The lowest BCUT2D eigenvalue weighted by Gasteiger charge is -2.13. The van der Waals surface area contributed by atoms with Crippen molar-refractivity contribution in [3.63, 3.8) is 0 Å². The second-order valence-corrected chi connectivity index (χ2v) is 7.97. The monoisotopic (exact) mass is 438 g/mol. The lowest BCUT2D eigenvalue weighted by atomic mass is 9.97. The second-order valence-electron chi connectivity index (χ2n) is 7.97. The molecule has 0 fully saturated rings. The van der Waals surface area contributed by atoms with E-state index in [1.54, 1.807) is 18.2 Å². The standard InChI is InChI=1S/C26H30O6/c1-15(2)6-10-18-17(9-13-21(28)26(18)32-5)8-12-20(27)24-23(30)14-22(29)19(25(24)31)11-7-16(3)4/h6-9,12-14,28-31H,10-11H2,1-5H3. The quantitative estimate of drug-likeness (QED) is 0.249. The Hall–Kier alpha value is -3.67. The molecule has 6 heteroatoms. The number of methoxy groups -OCH3 is 1. The molecule has 0 bridgehead atoms. The molecular weight excluding hydrogens is 408 g/mol. The number of ketones is 1. The molecule has 0 spiro atoms. The summed E-state index contributed by atoms with van der Waals surface area (Å²) in [5, 5.41) is 41.0. The van der Waals surface area contributed by atoms with Gasteiger partial charge in [0.1, 0.15) is 22.8 Å². The van der Waals surface area contributed by atoms with Gasteiger partial charge in [-0.05, 0) is 58.2 Å².